The summed E-state index contributed by atoms with van der Waals surface area (Å²) in [6, 6.07) is 0.431. The molecule has 20 heavy (non-hydrogen) atoms. The molecule has 1 heterocycles. The summed E-state index contributed by atoms with van der Waals surface area (Å²) >= 11 is 0. The highest BCUT2D eigenvalue weighted by atomic mass is 16.3. The number of likely N-dealkylation sites (tertiary alicyclic amines) is 1. The van der Waals surface area contributed by atoms with Gasteiger partial charge in [-0.1, -0.05) is 33.6 Å². The van der Waals surface area contributed by atoms with Crippen molar-refractivity contribution in [3.05, 3.63) is 0 Å². The van der Waals surface area contributed by atoms with Crippen LogP contribution in [0.2, 0.25) is 0 Å². The molecular weight excluding hydrogens is 248 g/mol. The number of piperidine rings is 1. The van der Waals surface area contributed by atoms with E-state index in [1.165, 1.54) is 51.7 Å². The van der Waals surface area contributed by atoms with E-state index in [2.05, 4.69) is 37.9 Å². The summed E-state index contributed by atoms with van der Waals surface area (Å²) in [5.74, 6) is 0.971. The predicted molar refractivity (Wildman–Crippen MR) is 87.1 cm³/mol. The molecule has 1 aliphatic heterocycles. The van der Waals surface area contributed by atoms with Gasteiger partial charge in [-0.15, -0.1) is 0 Å². The highest BCUT2D eigenvalue weighted by Crippen LogP contribution is 2.21. The van der Waals surface area contributed by atoms with E-state index in [1.54, 1.807) is 0 Å². The number of nitrogens with one attached hydrogen (secondary N) is 1. The highest BCUT2D eigenvalue weighted by Gasteiger charge is 2.23. The Morgan fingerprint density at radius 2 is 1.90 bits per heavy atom. The number of aliphatic hydroxyl groups excluding tert-OH is 1. The lowest BCUT2D eigenvalue weighted by atomic mass is 9.93. The van der Waals surface area contributed by atoms with Crippen LogP contribution >= 0.6 is 0 Å². The van der Waals surface area contributed by atoms with Gasteiger partial charge in [-0.05, 0) is 58.2 Å². The summed E-state index contributed by atoms with van der Waals surface area (Å²) in [4.78, 5) is 2.62. The molecular formula is C17H36N2O. The second kappa shape index (κ2) is 9.01. The first-order valence-electron chi connectivity index (χ1n) is 8.60. The Bertz CT molecular complexity index is 249. The SMILES string of the molecule is CCC1CCN(CCCCC(C)(CO)NC(C)C)CC1. The first kappa shape index (κ1) is 17.9. The fraction of sp³-hybridized carbons (Fsp3) is 1.00. The van der Waals surface area contributed by atoms with E-state index in [4.69, 9.17) is 0 Å². The summed E-state index contributed by atoms with van der Waals surface area (Å²) < 4.78 is 0. The van der Waals surface area contributed by atoms with Crippen LogP contribution in [0.5, 0.6) is 0 Å². The van der Waals surface area contributed by atoms with Crippen molar-refractivity contribution in [1.29, 1.82) is 0 Å². The Morgan fingerprint density at radius 1 is 1.25 bits per heavy atom. The predicted octanol–water partition coefficient (Wildman–Crippen LogP) is 3.03. The van der Waals surface area contributed by atoms with E-state index in [0.29, 0.717) is 6.04 Å². The summed E-state index contributed by atoms with van der Waals surface area (Å²) in [6.45, 7) is 12.8. The lowest BCUT2D eigenvalue weighted by molar-refractivity contribution is 0.147. The maximum Gasteiger partial charge on any atom is 0.0610 e. The van der Waals surface area contributed by atoms with Crippen LogP contribution < -0.4 is 5.32 Å². The number of unbranched alkanes of at least 4 members (excludes halogenated alkanes) is 1. The number of aliphatic hydroxyl groups is 1. The van der Waals surface area contributed by atoms with Gasteiger partial charge in [0.1, 0.15) is 0 Å². The number of rotatable bonds is 9. The van der Waals surface area contributed by atoms with E-state index in [0.717, 1.165) is 12.3 Å². The molecule has 3 heteroatoms. The molecule has 3 nitrogen and oxygen atoms in total. The quantitative estimate of drug-likeness (QED) is 0.639. The third-order valence-electron chi connectivity index (χ3n) is 4.72. The average molecular weight is 284 g/mol. The van der Waals surface area contributed by atoms with Crippen molar-refractivity contribution in [2.45, 2.75) is 77.8 Å². The fourth-order valence-corrected chi connectivity index (χ4v) is 3.36. The van der Waals surface area contributed by atoms with Crippen LogP contribution in [0.4, 0.5) is 0 Å². The van der Waals surface area contributed by atoms with Gasteiger partial charge in [-0.2, -0.15) is 0 Å². The molecule has 120 valence electrons. The summed E-state index contributed by atoms with van der Waals surface area (Å²) in [6.07, 6.45) is 7.65. The van der Waals surface area contributed by atoms with Gasteiger partial charge in [0.2, 0.25) is 0 Å². The van der Waals surface area contributed by atoms with Gasteiger partial charge in [-0.3, -0.25) is 0 Å². The average Bonchev–Trinajstić information content (AvgIpc) is 2.43. The molecule has 1 atom stereocenters. The Balaban J connectivity index is 2.15. The molecule has 2 N–H and O–H groups in total. The van der Waals surface area contributed by atoms with Crippen molar-refractivity contribution >= 4 is 0 Å². The normalized spacial score (nSPS) is 21.3. The smallest absolute Gasteiger partial charge is 0.0610 e. The van der Waals surface area contributed by atoms with Crippen molar-refractivity contribution in [3.63, 3.8) is 0 Å². The van der Waals surface area contributed by atoms with Gasteiger partial charge in [0, 0.05) is 11.6 Å². The maximum atomic E-state index is 9.57. The highest BCUT2D eigenvalue weighted by molar-refractivity contribution is 4.84. The maximum absolute atomic E-state index is 9.57. The largest absolute Gasteiger partial charge is 0.394 e. The molecule has 0 radical (unpaired) electrons. The molecule has 0 aliphatic carbocycles. The topological polar surface area (TPSA) is 35.5 Å². The van der Waals surface area contributed by atoms with E-state index < -0.39 is 0 Å². The molecule has 1 aliphatic rings. The van der Waals surface area contributed by atoms with E-state index in [1.807, 2.05) is 0 Å². The lowest BCUT2D eigenvalue weighted by Crippen LogP contribution is -2.49. The van der Waals surface area contributed by atoms with Crippen LogP contribution in [0.3, 0.4) is 0 Å². The number of hydrogen-bond donors (Lipinski definition) is 2. The van der Waals surface area contributed by atoms with Crippen LogP contribution in [0.25, 0.3) is 0 Å². The van der Waals surface area contributed by atoms with E-state index in [9.17, 15) is 5.11 Å². The molecule has 0 amide bonds. The molecule has 0 aromatic heterocycles. The second-order valence-corrected chi connectivity index (χ2v) is 7.17. The molecule has 1 unspecified atom stereocenters. The van der Waals surface area contributed by atoms with Gasteiger partial charge in [-0.25, -0.2) is 0 Å². The Kier molecular flexibility index (Phi) is 8.08. The van der Waals surface area contributed by atoms with Gasteiger partial charge < -0.3 is 15.3 Å². The molecule has 1 fully saturated rings. The Morgan fingerprint density at radius 3 is 2.40 bits per heavy atom. The first-order chi connectivity index (χ1) is 9.49. The van der Waals surface area contributed by atoms with Crippen LogP contribution in [0.1, 0.15) is 66.2 Å². The Hall–Kier alpha value is -0.120. The van der Waals surface area contributed by atoms with E-state index >= 15 is 0 Å². The summed E-state index contributed by atoms with van der Waals surface area (Å²) in [5, 5.41) is 13.1. The molecule has 0 spiro atoms. The minimum absolute atomic E-state index is 0.108. The van der Waals surface area contributed by atoms with Gasteiger partial charge in [0.25, 0.3) is 0 Å². The molecule has 1 rings (SSSR count). The van der Waals surface area contributed by atoms with Crippen molar-refractivity contribution in [3.8, 4) is 0 Å². The lowest BCUT2D eigenvalue weighted by Gasteiger charge is -2.33. The zero-order valence-corrected chi connectivity index (χ0v) is 14.1. The van der Waals surface area contributed by atoms with Crippen molar-refractivity contribution < 1.29 is 5.11 Å². The third kappa shape index (κ3) is 6.55. The van der Waals surface area contributed by atoms with E-state index in [-0.39, 0.29) is 12.1 Å². The van der Waals surface area contributed by atoms with Crippen molar-refractivity contribution in [1.82, 2.24) is 10.2 Å². The monoisotopic (exact) mass is 284 g/mol. The second-order valence-electron chi connectivity index (χ2n) is 7.17. The molecule has 1 saturated heterocycles. The number of hydrogen-bond acceptors (Lipinski definition) is 3. The fourth-order valence-electron chi connectivity index (χ4n) is 3.36. The minimum Gasteiger partial charge on any atom is -0.394 e. The first-order valence-corrected chi connectivity index (χ1v) is 8.60. The zero-order chi connectivity index (χ0) is 15.0. The molecule has 0 bridgehead atoms. The minimum atomic E-state index is -0.108. The van der Waals surface area contributed by atoms with Crippen molar-refractivity contribution in [2.75, 3.05) is 26.2 Å². The Labute approximate surface area is 126 Å². The molecule has 0 aromatic carbocycles. The zero-order valence-electron chi connectivity index (χ0n) is 14.1. The standard InChI is InChI=1S/C17H36N2O/c1-5-16-8-12-19(13-9-16)11-7-6-10-17(4,14-20)18-15(2)3/h15-16,18,20H,5-14H2,1-4H3. The number of nitrogens with zero attached hydrogens (tertiary/aromatic N) is 1. The summed E-state index contributed by atoms with van der Waals surface area (Å²) in [5.41, 5.74) is -0.108. The third-order valence-corrected chi connectivity index (χ3v) is 4.72. The molecule has 0 saturated carbocycles. The van der Waals surface area contributed by atoms with Gasteiger partial charge in [0.15, 0.2) is 0 Å². The van der Waals surface area contributed by atoms with Gasteiger partial charge in [0.05, 0.1) is 6.61 Å². The van der Waals surface area contributed by atoms with Crippen LogP contribution in [-0.2, 0) is 0 Å². The molecule has 0 aromatic rings. The van der Waals surface area contributed by atoms with Crippen molar-refractivity contribution in [2.24, 2.45) is 5.92 Å². The van der Waals surface area contributed by atoms with Crippen LogP contribution in [0.15, 0.2) is 0 Å². The summed E-state index contributed by atoms with van der Waals surface area (Å²) in [7, 11) is 0. The van der Waals surface area contributed by atoms with Crippen LogP contribution in [-0.4, -0.2) is 47.8 Å². The van der Waals surface area contributed by atoms with Gasteiger partial charge >= 0.3 is 0 Å². The van der Waals surface area contributed by atoms with Crippen LogP contribution in [0, 0.1) is 5.92 Å².